The van der Waals surface area contributed by atoms with Gasteiger partial charge in [0.15, 0.2) is 5.82 Å². The fourth-order valence-electron chi connectivity index (χ4n) is 1.83. The second-order valence-corrected chi connectivity index (χ2v) is 4.23. The van der Waals surface area contributed by atoms with Gasteiger partial charge in [-0.2, -0.15) is 0 Å². The molecule has 0 radical (unpaired) electrons. The summed E-state index contributed by atoms with van der Waals surface area (Å²) in [6, 6.07) is 6.00. The average Bonchev–Trinajstić information content (AvgIpc) is 2.81. The Morgan fingerprint density at radius 1 is 1.48 bits per heavy atom. The van der Waals surface area contributed by atoms with Crippen molar-refractivity contribution in [2.24, 2.45) is 0 Å². The van der Waals surface area contributed by atoms with Crippen LogP contribution in [0.15, 0.2) is 30.5 Å². The molecule has 0 saturated carbocycles. The van der Waals surface area contributed by atoms with Gasteiger partial charge >= 0.3 is 11.8 Å². The molecule has 0 aliphatic rings. The number of esters is 1. The monoisotopic (exact) mass is 291 g/mol. The van der Waals surface area contributed by atoms with Gasteiger partial charge in [0, 0.05) is 6.92 Å². The number of nitrogens with zero attached hydrogens (tertiary/aromatic N) is 3. The predicted octanol–water partition coefficient (Wildman–Crippen LogP) is 1.66. The molecule has 0 aliphatic carbocycles. The number of aromatic nitrogens is 2. The van der Waals surface area contributed by atoms with Crippen LogP contribution >= 0.6 is 0 Å². The van der Waals surface area contributed by atoms with E-state index in [4.69, 9.17) is 4.74 Å². The molecule has 110 valence electrons. The molecule has 1 aromatic carbocycles. The highest BCUT2D eigenvalue weighted by atomic mass is 16.6. The zero-order valence-electron chi connectivity index (χ0n) is 11.2. The van der Waals surface area contributed by atoms with Gasteiger partial charge in [-0.1, -0.05) is 12.1 Å². The fraction of sp³-hybridized carbons (Fsp3) is 0.231. The van der Waals surface area contributed by atoms with Gasteiger partial charge in [-0.05, 0) is 17.1 Å². The molecule has 1 N–H and O–H groups in total. The standard InChI is InChI=1S/C13H13N3O5/c1-9-14-8-12(16(19)20)15(9)6-7-21-13(18)10-4-2-3-5-11(10)17/h2-5,8,17H,6-7H2,1H3. The van der Waals surface area contributed by atoms with Crippen molar-refractivity contribution in [2.45, 2.75) is 13.5 Å². The normalized spacial score (nSPS) is 10.3. The highest BCUT2D eigenvalue weighted by Crippen LogP contribution is 2.17. The summed E-state index contributed by atoms with van der Waals surface area (Å²) in [4.78, 5) is 25.9. The lowest BCUT2D eigenvalue weighted by atomic mass is 10.2. The second-order valence-electron chi connectivity index (χ2n) is 4.23. The van der Waals surface area contributed by atoms with Crippen LogP contribution in [0.25, 0.3) is 0 Å². The van der Waals surface area contributed by atoms with Gasteiger partial charge in [-0.15, -0.1) is 0 Å². The van der Waals surface area contributed by atoms with Crippen molar-refractivity contribution in [1.29, 1.82) is 0 Å². The highest BCUT2D eigenvalue weighted by molar-refractivity contribution is 5.92. The van der Waals surface area contributed by atoms with Gasteiger partial charge in [0.2, 0.25) is 0 Å². The topological polar surface area (TPSA) is 107 Å². The number of ether oxygens (including phenoxy) is 1. The molecule has 8 nitrogen and oxygen atoms in total. The van der Waals surface area contributed by atoms with Gasteiger partial charge < -0.3 is 20.0 Å². The minimum absolute atomic E-state index is 0.0503. The van der Waals surface area contributed by atoms with E-state index >= 15 is 0 Å². The first-order valence-electron chi connectivity index (χ1n) is 6.12. The first-order chi connectivity index (χ1) is 10.0. The minimum Gasteiger partial charge on any atom is -0.507 e. The maximum atomic E-state index is 11.8. The molecule has 0 spiro atoms. The third-order valence-electron chi connectivity index (χ3n) is 2.89. The van der Waals surface area contributed by atoms with E-state index in [1.807, 2.05) is 0 Å². The molecule has 0 fully saturated rings. The molecular formula is C13H13N3O5. The summed E-state index contributed by atoms with van der Waals surface area (Å²) in [5.74, 6) is -0.563. The molecule has 2 rings (SSSR count). The summed E-state index contributed by atoms with van der Waals surface area (Å²) in [5.41, 5.74) is 0.0503. The van der Waals surface area contributed by atoms with Crippen molar-refractivity contribution in [3.63, 3.8) is 0 Å². The van der Waals surface area contributed by atoms with Crippen LogP contribution in [-0.2, 0) is 11.3 Å². The molecule has 1 aromatic heterocycles. The maximum absolute atomic E-state index is 11.8. The van der Waals surface area contributed by atoms with Crippen LogP contribution in [0.4, 0.5) is 5.82 Å². The van der Waals surface area contributed by atoms with Crippen LogP contribution in [0.5, 0.6) is 5.75 Å². The number of phenols is 1. The van der Waals surface area contributed by atoms with E-state index in [0.717, 1.165) is 6.20 Å². The highest BCUT2D eigenvalue weighted by Gasteiger charge is 2.18. The number of phenolic OH excluding ortho intramolecular Hbond substituents is 1. The van der Waals surface area contributed by atoms with Gasteiger partial charge in [0.25, 0.3) is 0 Å². The fourth-order valence-corrected chi connectivity index (χ4v) is 1.83. The van der Waals surface area contributed by atoms with Crippen molar-refractivity contribution in [2.75, 3.05) is 6.61 Å². The molecular weight excluding hydrogens is 278 g/mol. The van der Waals surface area contributed by atoms with E-state index in [-0.39, 0.29) is 30.3 Å². The third kappa shape index (κ3) is 3.16. The smallest absolute Gasteiger partial charge is 0.342 e. The van der Waals surface area contributed by atoms with Crippen molar-refractivity contribution in [3.05, 3.63) is 52.0 Å². The Hall–Kier alpha value is -2.90. The molecule has 1 heterocycles. The zero-order valence-corrected chi connectivity index (χ0v) is 11.2. The van der Waals surface area contributed by atoms with E-state index in [0.29, 0.717) is 5.82 Å². The summed E-state index contributed by atoms with van der Waals surface area (Å²) >= 11 is 0. The van der Waals surface area contributed by atoms with Crippen LogP contribution < -0.4 is 0 Å². The third-order valence-corrected chi connectivity index (χ3v) is 2.89. The number of aryl methyl sites for hydroxylation is 1. The molecule has 0 atom stereocenters. The largest absolute Gasteiger partial charge is 0.507 e. The molecule has 2 aromatic rings. The lowest BCUT2D eigenvalue weighted by molar-refractivity contribution is -0.392. The average molecular weight is 291 g/mol. The Bertz CT molecular complexity index is 680. The van der Waals surface area contributed by atoms with Gasteiger partial charge in [-0.25, -0.2) is 14.3 Å². The zero-order chi connectivity index (χ0) is 15.4. The molecule has 0 bridgehead atoms. The van der Waals surface area contributed by atoms with Crippen LogP contribution in [0, 0.1) is 17.0 Å². The van der Waals surface area contributed by atoms with Gasteiger partial charge in [0.05, 0.1) is 0 Å². The maximum Gasteiger partial charge on any atom is 0.342 e. The summed E-state index contributed by atoms with van der Waals surface area (Å²) in [7, 11) is 0. The van der Waals surface area contributed by atoms with E-state index in [9.17, 15) is 20.0 Å². The van der Waals surface area contributed by atoms with Crippen LogP contribution in [0.1, 0.15) is 16.2 Å². The summed E-state index contributed by atoms with van der Waals surface area (Å²) in [6.07, 6.45) is 1.15. The van der Waals surface area contributed by atoms with Crippen LogP contribution in [0.2, 0.25) is 0 Å². The number of hydrogen-bond donors (Lipinski definition) is 1. The molecule has 8 heteroatoms. The number of nitro groups is 1. The van der Waals surface area contributed by atoms with Crippen LogP contribution in [0.3, 0.4) is 0 Å². The number of carbonyl (C=O) groups is 1. The Balaban J connectivity index is 1.99. The Morgan fingerprint density at radius 3 is 2.86 bits per heavy atom. The number of rotatable bonds is 5. The number of para-hydroxylation sites is 1. The first-order valence-corrected chi connectivity index (χ1v) is 6.12. The number of hydrogen-bond acceptors (Lipinski definition) is 6. The quantitative estimate of drug-likeness (QED) is 0.510. The number of carbonyl (C=O) groups excluding carboxylic acids is 1. The predicted molar refractivity (Wildman–Crippen MR) is 72.0 cm³/mol. The Morgan fingerprint density at radius 2 is 2.19 bits per heavy atom. The van der Waals surface area contributed by atoms with Crippen molar-refractivity contribution in [3.8, 4) is 5.75 Å². The molecule has 0 saturated heterocycles. The molecule has 0 unspecified atom stereocenters. The summed E-state index contributed by atoms with van der Waals surface area (Å²) < 4.78 is 6.35. The van der Waals surface area contributed by atoms with Gasteiger partial charge in [0.1, 0.15) is 30.7 Å². The Labute approximate surface area is 119 Å². The van der Waals surface area contributed by atoms with Crippen molar-refractivity contribution in [1.82, 2.24) is 9.55 Å². The first kappa shape index (κ1) is 14.5. The molecule has 0 aliphatic heterocycles. The van der Waals surface area contributed by atoms with Crippen molar-refractivity contribution < 1.29 is 19.6 Å². The lowest BCUT2D eigenvalue weighted by Gasteiger charge is -2.06. The molecule has 21 heavy (non-hydrogen) atoms. The van der Waals surface area contributed by atoms with Crippen LogP contribution in [-0.4, -0.2) is 32.2 Å². The number of benzene rings is 1. The van der Waals surface area contributed by atoms with Crippen molar-refractivity contribution >= 4 is 11.8 Å². The minimum atomic E-state index is -0.687. The van der Waals surface area contributed by atoms with E-state index in [2.05, 4.69) is 4.98 Å². The van der Waals surface area contributed by atoms with E-state index in [1.165, 1.54) is 16.7 Å². The molecule has 0 amide bonds. The SMILES string of the molecule is Cc1ncc([N+](=O)[O-])n1CCOC(=O)c1ccccc1O. The summed E-state index contributed by atoms with van der Waals surface area (Å²) in [5, 5.41) is 20.3. The lowest BCUT2D eigenvalue weighted by Crippen LogP contribution is -2.14. The summed E-state index contributed by atoms with van der Waals surface area (Å²) in [6.45, 7) is 1.67. The van der Waals surface area contributed by atoms with Gasteiger partial charge in [-0.3, -0.25) is 0 Å². The number of aromatic hydroxyl groups is 1. The van der Waals surface area contributed by atoms with E-state index in [1.54, 1.807) is 19.1 Å². The second kappa shape index (κ2) is 6.04. The Kier molecular flexibility index (Phi) is 4.17. The number of imidazole rings is 1. The van der Waals surface area contributed by atoms with E-state index < -0.39 is 10.9 Å².